The fraction of sp³-hybridized carbons (Fsp3) is 0.111. The lowest BCUT2D eigenvalue weighted by Gasteiger charge is -2.20. The predicted molar refractivity (Wildman–Crippen MR) is 94.2 cm³/mol. The number of nitrogen functional groups attached to an aromatic ring is 1. The zero-order chi connectivity index (χ0) is 17.2. The summed E-state index contributed by atoms with van der Waals surface area (Å²) in [5, 5.41) is 4.18. The van der Waals surface area contributed by atoms with Gasteiger partial charge in [0.15, 0.2) is 11.5 Å². The van der Waals surface area contributed by atoms with Crippen molar-refractivity contribution in [3.8, 4) is 11.3 Å². The zero-order valence-electron chi connectivity index (χ0n) is 13.6. The van der Waals surface area contributed by atoms with E-state index in [1.165, 1.54) is 0 Å². The van der Waals surface area contributed by atoms with E-state index in [2.05, 4.69) is 20.1 Å². The average Bonchev–Trinajstić information content (AvgIpc) is 3.05. The van der Waals surface area contributed by atoms with Crippen molar-refractivity contribution in [1.29, 1.82) is 0 Å². The molecule has 3 heterocycles. The van der Waals surface area contributed by atoms with Crippen LogP contribution < -0.4 is 5.73 Å². The highest BCUT2D eigenvalue weighted by Gasteiger charge is 2.31. The summed E-state index contributed by atoms with van der Waals surface area (Å²) in [6.07, 6.45) is 4.75. The highest BCUT2D eigenvalue weighted by atomic mass is 16.7. The zero-order valence-corrected chi connectivity index (χ0v) is 13.6. The molecule has 25 heavy (non-hydrogen) atoms. The van der Waals surface area contributed by atoms with Crippen molar-refractivity contribution in [2.45, 2.75) is 6.23 Å². The van der Waals surface area contributed by atoms with Gasteiger partial charge in [-0.3, -0.25) is 4.98 Å². The van der Waals surface area contributed by atoms with Crippen molar-refractivity contribution in [3.63, 3.8) is 0 Å². The molecule has 1 aliphatic heterocycles. The van der Waals surface area contributed by atoms with Crippen LogP contribution in [0, 0.1) is 0 Å². The van der Waals surface area contributed by atoms with Crippen LogP contribution in [0.3, 0.4) is 0 Å². The van der Waals surface area contributed by atoms with Crippen LogP contribution in [-0.4, -0.2) is 32.7 Å². The third kappa shape index (κ3) is 2.76. The molecule has 0 spiro atoms. The molecule has 0 aliphatic carbocycles. The van der Waals surface area contributed by atoms with Crippen LogP contribution in [-0.2, 0) is 4.84 Å². The van der Waals surface area contributed by atoms with Gasteiger partial charge in [-0.2, -0.15) is 0 Å². The molecule has 1 unspecified atom stereocenters. The molecule has 0 saturated heterocycles. The normalized spacial score (nSPS) is 16.4. The number of hydrogen-bond acceptors (Lipinski definition) is 7. The number of benzene rings is 1. The quantitative estimate of drug-likeness (QED) is 0.792. The largest absolute Gasteiger partial charge is 0.382 e. The molecule has 1 atom stereocenters. The fourth-order valence-electron chi connectivity index (χ4n) is 2.67. The summed E-state index contributed by atoms with van der Waals surface area (Å²) < 4.78 is 0. The minimum absolute atomic E-state index is 0.301. The van der Waals surface area contributed by atoms with E-state index in [0.717, 1.165) is 11.1 Å². The van der Waals surface area contributed by atoms with Gasteiger partial charge in [-0.15, -0.1) is 0 Å². The first kappa shape index (κ1) is 15.1. The van der Waals surface area contributed by atoms with Crippen molar-refractivity contribution in [2.75, 3.05) is 12.8 Å². The van der Waals surface area contributed by atoms with Crippen molar-refractivity contribution in [3.05, 3.63) is 72.3 Å². The van der Waals surface area contributed by atoms with E-state index in [1.54, 1.807) is 18.6 Å². The number of pyridine rings is 1. The van der Waals surface area contributed by atoms with Crippen LogP contribution in [0.25, 0.3) is 11.3 Å². The molecule has 124 valence electrons. The number of anilines is 1. The lowest BCUT2D eigenvalue weighted by Crippen LogP contribution is -2.28. The number of rotatable bonds is 3. The summed E-state index contributed by atoms with van der Waals surface area (Å²) >= 11 is 0. The molecule has 2 aromatic heterocycles. The number of nitrogens with two attached hydrogens (primary N) is 1. The summed E-state index contributed by atoms with van der Waals surface area (Å²) in [7, 11) is 1.89. The van der Waals surface area contributed by atoms with E-state index in [4.69, 9.17) is 10.6 Å². The third-order valence-electron chi connectivity index (χ3n) is 3.98. The number of nitrogens with zero attached hydrogens (tertiary/aromatic N) is 5. The summed E-state index contributed by atoms with van der Waals surface area (Å²) in [5.41, 5.74) is 9.07. The molecule has 0 saturated carbocycles. The van der Waals surface area contributed by atoms with E-state index in [1.807, 2.05) is 54.4 Å². The first-order valence-electron chi connectivity index (χ1n) is 7.79. The maximum atomic E-state index is 6.04. The Balaban J connectivity index is 1.68. The number of amidine groups is 1. The van der Waals surface area contributed by atoms with Gasteiger partial charge < -0.3 is 15.5 Å². The fourth-order valence-corrected chi connectivity index (χ4v) is 2.67. The second kappa shape index (κ2) is 6.20. The van der Waals surface area contributed by atoms with Crippen LogP contribution in [0.5, 0.6) is 0 Å². The Kier molecular flexibility index (Phi) is 3.74. The predicted octanol–water partition coefficient (Wildman–Crippen LogP) is 2.44. The second-order valence-corrected chi connectivity index (χ2v) is 5.63. The Morgan fingerprint density at radius 1 is 1.08 bits per heavy atom. The number of aromatic nitrogens is 3. The molecule has 7 nitrogen and oxygen atoms in total. The van der Waals surface area contributed by atoms with Gasteiger partial charge in [0.2, 0.25) is 12.1 Å². The molecule has 0 radical (unpaired) electrons. The Bertz CT molecular complexity index is 913. The second-order valence-electron chi connectivity index (χ2n) is 5.63. The third-order valence-corrected chi connectivity index (χ3v) is 3.98. The van der Waals surface area contributed by atoms with Crippen molar-refractivity contribution in [2.24, 2.45) is 5.16 Å². The van der Waals surface area contributed by atoms with Gasteiger partial charge in [0.25, 0.3) is 0 Å². The van der Waals surface area contributed by atoms with Gasteiger partial charge >= 0.3 is 0 Å². The lowest BCUT2D eigenvalue weighted by molar-refractivity contribution is 0.0190. The maximum absolute atomic E-state index is 6.04. The van der Waals surface area contributed by atoms with E-state index in [0.29, 0.717) is 23.0 Å². The van der Waals surface area contributed by atoms with Gasteiger partial charge in [0.05, 0.1) is 11.9 Å². The van der Waals surface area contributed by atoms with Gasteiger partial charge in [0.1, 0.15) is 0 Å². The molecule has 7 heteroatoms. The molecule has 1 aromatic carbocycles. The summed E-state index contributed by atoms with van der Waals surface area (Å²) in [4.78, 5) is 20.5. The van der Waals surface area contributed by atoms with Crippen LogP contribution >= 0.6 is 0 Å². The minimum atomic E-state index is -0.320. The van der Waals surface area contributed by atoms with Crippen LogP contribution in [0.1, 0.15) is 17.5 Å². The Morgan fingerprint density at radius 3 is 2.68 bits per heavy atom. The maximum Gasteiger partial charge on any atom is 0.227 e. The highest BCUT2D eigenvalue weighted by molar-refractivity contribution is 6.01. The summed E-state index contributed by atoms with van der Waals surface area (Å²) in [5.74, 6) is 0.847. The first-order valence-corrected chi connectivity index (χ1v) is 7.79. The number of hydrogen-bond donors (Lipinski definition) is 1. The lowest BCUT2D eigenvalue weighted by atomic mass is 10.2. The molecular weight excluding hydrogens is 316 g/mol. The smallest absolute Gasteiger partial charge is 0.227 e. The van der Waals surface area contributed by atoms with Crippen molar-refractivity contribution < 1.29 is 4.84 Å². The standard InChI is InChI=1S/C18H16N6O/c1-24-17(23-25-18(24)12-6-3-2-4-7-12)15-16(19)21-11-14(22-15)13-8-5-9-20-10-13/h2-11,18H,1H3,(H2,19,21). The molecule has 2 N–H and O–H groups in total. The molecule has 3 aromatic rings. The van der Waals surface area contributed by atoms with Crippen LogP contribution in [0.2, 0.25) is 0 Å². The number of oxime groups is 1. The van der Waals surface area contributed by atoms with Gasteiger partial charge in [-0.05, 0) is 12.1 Å². The molecular formula is C18H16N6O. The Labute approximate surface area is 144 Å². The van der Waals surface area contributed by atoms with Crippen molar-refractivity contribution >= 4 is 11.7 Å². The Morgan fingerprint density at radius 2 is 1.92 bits per heavy atom. The van der Waals surface area contributed by atoms with Gasteiger partial charge in [-0.25, -0.2) is 9.97 Å². The monoisotopic (exact) mass is 332 g/mol. The van der Waals surface area contributed by atoms with E-state index < -0.39 is 0 Å². The summed E-state index contributed by atoms with van der Waals surface area (Å²) in [6, 6.07) is 13.6. The van der Waals surface area contributed by atoms with Gasteiger partial charge in [-0.1, -0.05) is 35.5 Å². The van der Waals surface area contributed by atoms with Crippen LogP contribution in [0.4, 0.5) is 5.82 Å². The summed E-state index contributed by atoms with van der Waals surface area (Å²) in [6.45, 7) is 0. The van der Waals surface area contributed by atoms with E-state index in [9.17, 15) is 0 Å². The van der Waals surface area contributed by atoms with Crippen LogP contribution in [0.15, 0.2) is 66.2 Å². The Hall–Kier alpha value is -3.48. The van der Waals surface area contributed by atoms with Gasteiger partial charge in [0, 0.05) is 30.6 Å². The molecule has 1 aliphatic rings. The first-order chi connectivity index (χ1) is 12.2. The minimum Gasteiger partial charge on any atom is -0.382 e. The highest BCUT2D eigenvalue weighted by Crippen LogP contribution is 2.29. The SMILES string of the molecule is CN1C(c2nc(-c3cccnc3)cnc2N)=NOC1c1ccccc1. The molecule has 0 bridgehead atoms. The average molecular weight is 332 g/mol. The molecule has 0 fully saturated rings. The molecule has 0 amide bonds. The van der Waals surface area contributed by atoms with E-state index in [-0.39, 0.29) is 6.23 Å². The van der Waals surface area contributed by atoms with Crippen molar-refractivity contribution in [1.82, 2.24) is 19.9 Å². The molecule has 4 rings (SSSR count). The topological polar surface area (TPSA) is 89.5 Å². The van der Waals surface area contributed by atoms with E-state index >= 15 is 0 Å².